The van der Waals surface area contributed by atoms with Gasteiger partial charge in [0.2, 0.25) is 0 Å². The molecular formula is C17H28BrN3. The zero-order chi connectivity index (χ0) is 15.4. The molecule has 2 unspecified atom stereocenters. The first-order chi connectivity index (χ1) is 10.0. The zero-order valence-electron chi connectivity index (χ0n) is 13.7. The predicted molar refractivity (Wildman–Crippen MR) is 95.2 cm³/mol. The molecule has 21 heavy (non-hydrogen) atoms. The second-order valence-corrected chi connectivity index (χ2v) is 7.10. The smallest absolute Gasteiger partial charge is 0.0418 e. The molecule has 1 N–H and O–H groups in total. The molecule has 118 valence electrons. The average Bonchev–Trinajstić information content (AvgIpc) is 2.45. The SMILES string of the molecule is CCCNC(C)c1cc(Br)ccc1N1CCN(C)CC1C. The van der Waals surface area contributed by atoms with E-state index >= 15 is 0 Å². The van der Waals surface area contributed by atoms with E-state index in [1.165, 1.54) is 17.7 Å². The Morgan fingerprint density at radius 3 is 2.81 bits per heavy atom. The van der Waals surface area contributed by atoms with Gasteiger partial charge >= 0.3 is 0 Å². The van der Waals surface area contributed by atoms with Crippen molar-refractivity contribution in [3.8, 4) is 0 Å². The van der Waals surface area contributed by atoms with E-state index in [2.05, 4.69) is 77.1 Å². The molecule has 2 atom stereocenters. The predicted octanol–water partition coefficient (Wildman–Crippen LogP) is 3.65. The molecule has 0 spiro atoms. The number of rotatable bonds is 5. The van der Waals surface area contributed by atoms with E-state index in [1.807, 2.05) is 0 Å². The van der Waals surface area contributed by atoms with E-state index in [1.54, 1.807) is 0 Å². The molecule has 1 saturated heterocycles. The van der Waals surface area contributed by atoms with Gasteiger partial charge in [-0.2, -0.15) is 0 Å². The van der Waals surface area contributed by atoms with Gasteiger partial charge in [-0.15, -0.1) is 0 Å². The molecule has 0 aliphatic carbocycles. The van der Waals surface area contributed by atoms with Crippen molar-refractivity contribution < 1.29 is 0 Å². The normalized spacial score (nSPS) is 21.6. The second-order valence-electron chi connectivity index (χ2n) is 6.18. The number of halogens is 1. The number of benzene rings is 1. The number of hydrogen-bond donors (Lipinski definition) is 1. The van der Waals surface area contributed by atoms with Crippen molar-refractivity contribution in [3.05, 3.63) is 28.2 Å². The Labute approximate surface area is 137 Å². The van der Waals surface area contributed by atoms with Crippen LogP contribution in [0.2, 0.25) is 0 Å². The summed E-state index contributed by atoms with van der Waals surface area (Å²) in [5.41, 5.74) is 2.78. The van der Waals surface area contributed by atoms with Crippen LogP contribution >= 0.6 is 15.9 Å². The lowest BCUT2D eigenvalue weighted by molar-refractivity contribution is 0.275. The van der Waals surface area contributed by atoms with E-state index < -0.39 is 0 Å². The highest BCUT2D eigenvalue weighted by atomic mass is 79.9. The van der Waals surface area contributed by atoms with Gasteiger partial charge in [-0.25, -0.2) is 0 Å². The number of anilines is 1. The lowest BCUT2D eigenvalue weighted by Gasteiger charge is -2.41. The molecule has 1 fully saturated rings. The highest BCUT2D eigenvalue weighted by Crippen LogP contribution is 2.31. The van der Waals surface area contributed by atoms with Crippen molar-refractivity contribution in [2.24, 2.45) is 0 Å². The lowest BCUT2D eigenvalue weighted by atomic mass is 10.0. The summed E-state index contributed by atoms with van der Waals surface area (Å²) in [7, 11) is 2.21. The lowest BCUT2D eigenvalue weighted by Crippen LogP contribution is -2.51. The maximum atomic E-state index is 3.63. The van der Waals surface area contributed by atoms with Crippen molar-refractivity contribution in [3.63, 3.8) is 0 Å². The second kappa shape index (κ2) is 7.61. The number of piperazine rings is 1. The summed E-state index contributed by atoms with van der Waals surface area (Å²) in [5, 5.41) is 3.62. The summed E-state index contributed by atoms with van der Waals surface area (Å²) in [5.74, 6) is 0. The molecule has 1 heterocycles. The fraction of sp³-hybridized carbons (Fsp3) is 0.647. The fourth-order valence-electron chi connectivity index (χ4n) is 3.10. The van der Waals surface area contributed by atoms with Crippen LogP contribution in [-0.4, -0.2) is 44.2 Å². The Kier molecular flexibility index (Phi) is 6.08. The number of hydrogen-bond acceptors (Lipinski definition) is 3. The molecule has 1 aromatic carbocycles. The van der Waals surface area contributed by atoms with Gasteiger partial charge in [0.1, 0.15) is 0 Å². The van der Waals surface area contributed by atoms with Crippen LogP contribution in [0.1, 0.15) is 38.8 Å². The molecule has 0 amide bonds. The highest BCUT2D eigenvalue weighted by Gasteiger charge is 2.24. The first-order valence-electron chi connectivity index (χ1n) is 8.01. The van der Waals surface area contributed by atoms with Crippen molar-refractivity contribution in [1.82, 2.24) is 10.2 Å². The van der Waals surface area contributed by atoms with E-state index in [0.717, 1.165) is 30.7 Å². The van der Waals surface area contributed by atoms with Gasteiger partial charge in [0, 0.05) is 41.9 Å². The highest BCUT2D eigenvalue weighted by molar-refractivity contribution is 9.10. The van der Waals surface area contributed by atoms with Gasteiger partial charge in [0.15, 0.2) is 0 Å². The standard InChI is InChI=1S/C17H28BrN3/c1-5-8-19-14(3)16-11-15(18)6-7-17(16)21-10-9-20(4)12-13(21)2/h6-7,11,13-14,19H,5,8-10,12H2,1-4H3. The van der Waals surface area contributed by atoms with Crippen LogP contribution in [0.3, 0.4) is 0 Å². The molecule has 1 aliphatic heterocycles. The average molecular weight is 354 g/mol. The van der Waals surface area contributed by atoms with Crippen LogP contribution in [0, 0.1) is 0 Å². The first kappa shape index (κ1) is 16.8. The van der Waals surface area contributed by atoms with E-state index in [9.17, 15) is 0 Å². The molecule has 0 bridgehead atoms. The Morgan fingerprint density at radius 1 is 1.38 bits per heavy atom. The van der Waals surface area contributed by atoms with Crippen molar-refractivity contribution >= 4 is 21.6 Å². The molecule has 0 radical (unpaired) electrons. The van der Waals surface area contributed by atoms with Crippen LogP contribution in [0.25, 0.3) is 0 Å². The topological polar surface area (TPSA) is 18.5 Å². The van der Waals surface area contributed by atoms with Gasteiger partial charge < -0.3 is 15.1 Å². The van der Waals surface area contributed by atoms with Crippen molar-refractivity contribution in [1.29, 1.82) is 0 Å². The van der Waals surface area contributed by atoms with Crippen molar-refractivity contribution in [2.75, 3.05) is 38.1 Å². The van der Waals surface area contributed by atoms with Gasteiger partial charge in [0.05, 0.1) is 0 Å². The third-order valence-electron chi connectivity index (χ3n) is 4.30. The monoisotopic (exact) mass is 353 g/mol. The van der Waals surface area contributed by atoms with Gasteiger partial charge in [-0.05, 0) is 57.6 Å². The summed E-state index contributed by atoms with van der Waals surface area (Å²) >= 11 is 3.63. The molecule has 1 aromatic rings. The molecule has 0 saturated carbocycles. The minimum absolute atomic E-state index is 0.379. The van der Waals surface area contributed by atoms with Crippen molar-refractivity contribution in [2.45, 2.75) is 39.3 Å². The summed E-state index contributed by atoms with van der Waals surface area (Å²) in [6, 6.07) is 7.64. The number of nitrogens with zero attached hydrogens (tertiary/aromatic N) is 2. The Hall–Kier alpha value is -0.580. The first-order valence-corrected chi connectivity index (χ1v) is 8.80. The van der Waals surface area contributed by atoms with Crippen LogP contribution in [0.15, 0.2) is 22.7 Å². The van der Waals surface area contributed by atoms with Crippen LogP contribution in [0.4, 0.5) is 5.69 Å². The molecule has 2 rings (SSSR count). The Morgan fingerprint density at radius 2 is 2.14 bits per heavy atom. The maximum absolute atomic E-state index is 3.63. The zero-order valence-corrected chi connectivity index (χ0v) is 15.3. The molecule has 4 heteroatoms. The summed E-state index contributed by atoms with van der Waals surface area (Å²) in [6.07, 6.45) is 1.17. The van der Waals surface area contributed by atoms with Gasteiger partial charge in [-0.3, -0.25) is 0 Å². The quantitative estimate of drug-likeness (QED) is 0.871. The number of nitrogens with one attached hydrogen (secondary N) is 1. The molecule has 3 nitrogen and oxygen atoms in total. The number of likely N-dealkylation sites (N-methyl/N-ethyl adjacent to an activating group) is 1. The largest absolute Gasteiger partial charge is 0.366 e. The summed E-state index contributed by atoms with van der Waals surface area (Å²) in [6.45, 7) is 11.2. The molecule has 1 aliphatic rings. The minimum atomic E-state index is 0.379. The third kappa shape index (κ3) is 4.21. The third-order valence-corrected chi connectivity index (χ3v) is 4.79. The summed E-state index contributed by atoms with van der Waals surface area (Å²) in [4.78, 5) is 4.98. The van der Waals surface area contributed by atoms with E-state index in [4.69, 9.17) is 0 Å². The fourth-order valence-corrected chi connectivity index (χ4v) is 3.48. The van der Waals surface area contributed by atoms with Gasteiger partial charge in [0.25, 0.3) is 0 Å². The molecule has 0 aromatic heterocycles. The van der Waals surface area contributed by atoms with E-state index in [-0.39, 0.29) is 0 Å². The Bertz CT molecular complexity index is 463. The van der Waals surface area contributed by atoms with Crippen LogP contribution < -0.4 is 10.2 Å². The van der Waals surface area contributed by atoms with Crippen LogP contribution in [0.5, 0.6) is 0 Å². The summed E-state index contributed by atoms with van der Waals surface area (Å²) < 4.78 is 1.16. The Balaban J connectivity index is 2.26. The molecular weight excluding hydrogens is 326 g/mol. The minimum Gasteiger partial charge on any atom is -0.366 e. The van der Waals surface area contributed by atoms with Gasteiger partial charge in [-0.1, -0.05) is 22.9 Å². The van der Waals surface area contributed by atoms with E-state index in [0.29, 0.717) is 12.1 Å². The maximum Gasteiger partial charge on any atom is 0.0418 e. The van der Waals surface area contributed by atoms with Crippen LogP contribution in [-0.2, 0) is 0 Å².